The van der Waals surface area contributed by atoms with Crippen LogP contribution < -0.4 is 5.32 Å². The van der Waals surface area contributed by atoms with Gasteiger partial charge in [-0.05, 0) is 32.1 Å². The van der Waals surface area contributed by atoms with Crippen molar-refractivity contribution in [1.82, 2.24) is 10.2 Å². The molecule has 3 heterocycles. The SMILES string of the molecule is O=C(N[C@H]1CCS(=O)(=O)C1)N(C[C@@H]1CCCO1)C[C@@H]1CCCO1. The molecule has 132 valence electrons. The number of nitrogens with one attached hydrogen (secondary N) is 1. The summed E-state index contributed by atoms with van der Waals surface area (Å²) >= 11 is 0. The fourth-order valence-electron chi connectivity index (χ4n) is 3.48. The average Bonchev–Trinajstić information content (AvgIpc) is 3.21. The smallest absolute Gasteiger partial charge is 0.317 e. The maximum atomic E-state index is 12.6. The van der Waals surface area contributed by atoms with Gasteiger partial charge in [0.15, 0.2) is 9.84 Å². The molecular formula is C15H26N2O5S. The standard InChI is InChI=1S/C15H26N2O5S/c18-15(16-12-5-8-23(19,20)11-12)17(9-13-3-1-6-21-13)10-14-4-2-7-22-14/h12-14H,1-11H2,(H,16,18)/t12-,13-,14-/m0/s1. The molecule has 0 aromatic heterocycles. The average molecular weight is 346 g/mol. The van der Waals surface area contributed by atoms with E-state index in [0.29, 0.717) is 19.5 Å². The van der Waals surface area contributed by atoms with Gasteiger partial charge in [-0.2, -0.15) is 0 Å². The van der Waals surface area contributed by atoms with Crippen molar-refractivity contribution in [2.75, 3.05) is 37.8 Å². The third kappa shape index (κ3) is 4.81. The number of carbonyl (C=O) groups excluding carboxylic acids is 1. The summed E-state index contributed by atoms with van der Waals surface area (Å²) in [4.78, 5) is 14.3. The normalized spacial score (nSPS) is 33.0. The van der Waals surface area contributed by atoms with Crippen LogP contribution in [-0.4, -0.2) is 75.4 Å². The lowest BCUT2D eigenvalue weighted by molar-refractivity contribution is 0.0494. The Bertz CT molecular complexity index is 494. The highest BCUT2D eigenvalue weighted by Crippen LogP contribution is 2.18. The largest absolute Gasteiger partial charge is 0.376 e. The zero-order valence-electron chi connectivity index (χ0n) is 13.4. The molecule has 3 saturated heterocycles. The minimum atomic E-state index is -2.99. The van der Waals surface area contributed by atoms with E-state index in [9.17, 15) is 13.2 Å². The Morgan fingerprint density at radius 3 is 2.09 bits per heavy atom. The van der Waals surface area contributed by atoms with Gasteiger partial charge in [-0.15, -0.1) is 0 Å². The van der Waals surface area contributed by atoms with Gasteiger partial charge in [0.25, 0.3) is 0 Å². The first-order valence-electron chi connectivity index (χ1n) is 8.51. The number of ether oxygens (including phenoxy) is 2. The molecule has 0 aromatic carbocycles. The number of rotatable bonds is 5. The predicted molar refractivity (Wildman–Crippen MR) is 85.1 cm³/mol. The lowest BCUT2D eigenvalue weighted by Gasteiger charge is -2.29. The van der Waals surface area contributed by atoms with Crippen molar-refractivity contribution in [1.29, 1.82) is 0 Å². The van der Waals surface area contributed by atoms with E-state index in [4.69, 9.17) is 9.47 Å². The maximum Gasteiger partial charge on any atom is 0.317 e. The van der Waals surface area contributed by atoms with E-state index in [1.165, 1.54) is 0 Å². The summed E-state index contributed by atoms with van der Waals surface area (Å²) in [5.41, 5.74) is 0. The summed E-state index contributed by atoms with van der Waals surface area (Å²) in [7, 11) is -2.99. The molecule has 1 N–H and O–H groups in total. The fourth-order valence-corrected chi connectivity index (χ4v) is 5.16. The molecular weight excluding hydrogens is 320 g/mol. The van der Waals surface area contributed by atoms with Crippen LogP contribution in [0.15, 0.2) is 0 Å². The van der Waals surface area contributed by atoms with Gasteiger partial charge < -0.3 is 19.7 Å². The third-order valence-electron chi connectivity index (χ3n) is 4.74. The molecule has 0 aromatic rings. The van der Waals surface area contributed by atoms with E-state index >= 15 is 0 Å². The van der Waals surface area contributed by atoms with Crippen molar-refractivity contribution in [3.8, 4) is 0 Å². The van der Waals surface area contributed by atoms with Crippen LogP contribution in [0.1, 0.15) is 32.1 Å². The molecule has 7 nitrogen and oxygen atoms in total. The summed E-state index contributed by atoms with van der Waals surface area (Å²) in [6.45, 7) is 2.60. The van der Waals surface area contributed by atoms with Gasteiger partial charge in [0.05, 0.1) is 23.7 Å². The molecule has 2 amide bonds. The van der Waals surface area contributed by atoms with Gasteiger partial charge in [0.1, 0.15) is 0 Å². The van der Waals surface area contributed by atoms with Crippen LogP contribution in [0.4, 0.5) is 4.79 Å². The van der Waals surface area contributed by atoms with Crippen molar-refractivity contribution >= 4 is 15.9 Å². The van der Waals surface area contributed by atoms with Crippen molar-refractivity contribution in [2.24, 2.45) is 0 Å². The van der Waals surface area contributed by atoms with Crippen LogP contribution in [0.2, 0.25) is 0 Å². The van der Waals surface area contributed by atoms with Crippen molar-refractivity contribution in [3.63, 3.8) is 0 Å². The Hall–Kier alpha value is -0.860. The Labute approximate surface area is 137 Å². The number of amides is 2. The second kappa shape index (κ2) is 7.36. The summed E-state index contributed by atoms with van der Waals surface area (Å²) in [6.07, 6.45) is 4.65. The Morgan fingerprint density at radius 2 is 1.65 bits per heavy atom. The van der Waals surface area contributed by atoms with E-state index in [1.54, 1.807) is 4.90 Å². The maximum absolute atomic E-state index is 12.6. The van der Waals surface area contributed by atoms with Crippen LogP contribution in [0.25, 0.3) is 0 Å². The van der Waals surface area contributed by atoms with Crippen molar-refractivity contribution in [2.45, 2.75) is 50.4 Å². The molecule has 0 spiro atoms. The second-order valence-corrected chi connectivity index (χ2v) is 8.95. The Balaban J connectivity index is 1.57. The number of carbonyl (C=O) groups is 1. The number of hydrogen-bond acceptors (Lipinski definition) is 5. The Kier molecular flexibility index (Phi) is 5.43. The highest BCUT2D eigenvalue weighted by molar-refractivity contribution is 7.91. The lowest BCUT2D eigenvalue weighted by atomic mass is 10.2. The molecule has 0 saturated carbocycles. The van der Waals surface area contributed by atoms with E-state index in [2.05, 4.69) is 5.32 Å². The molecule has 0 bridgehead atoms. The zero-order chi connectivity index (χ0) is 16.3. The molecule has 3 aliphatic heterocycles. The molecule has 8 heteroatoms. The monoisotopic (exact) mass is 346 g/mol. The molecule has 23 heavy (non-hydrogen) atoms. The quantitative estimate of drug-likeness (QED) is 0.785. The van der Waals surface area contributed by atoms with E-state index in [1.807, 2.05) is 0 Å². The van der Waals surface area contributed by atoms with Gasteiger partial charge in [-0.1, -0.05) is 0 Å². The van der Waals surface area contributed by atoms with Crippen molar-refractivity contribution in [3.05, 3.63) is 0 Å². The van der Waals surface area contributed by atoms with Crippen molar-refractivity contribution < 1.29 is 22.7 Å². The van der Waals surface area contributed by atoms with Crippen LogP contribution >= 0.6 is 0 Å². The molecule has 3 aliphatic rings. The van der Waals surface area contributed by atoms with Gasteiger partial charge >= 0.3 is 6.03 Å². The zero-order valence-corrected chi connectivity index (χ0v) is 14.2. The van der Waals surface area contributed by atoms with E-state index in [0.717, 1.165) is 38.9 Å². The first kappa shape index (κ1) is 17.0. The summed E-state index contributed by atoms with van der Waals surface area (Å²) < 4.78 is 34.4. The second-order valence-electron chi connectivity index (χ2n) is 6.72. The molecule has 3 rings (SSSR count). The summed E-state index contributed by atoms with van der Waals surface area (Å²) in [5, 5.41) is 2.88. The highest BCUT2D eigenvalue weighted by atomic mass is 32.2. The minimum absolute atomic E-state index is 0.0481. The first-order chi connectivity index (χ1) is 11.0. The molecule has 3 atom stereocenters. The van der Waals surface area contributed by atoms with Crippen LogP contribution in [0.5, 0.6) is 0 Å². The number of nitrogens with zero attached hydrogens (tertiary/aromatic N) is 1. The molecule has 0 radical (unpaired) electrons. The van der Waals surface area contributed by atoms with Gasteiger partial charge in [0.2, 0.25) is 0 Å². The van der Waals surface area contributed by atoms with Crippen LogP contribution in [0, 0.1) is 0 Å². The molecule has 0 unspecified atom stereocenters. The van der Waals surface area contributed by atoms with Crippen LogP contribution in [0.3, 0.4) is 0 Å². The van der Waals surface area contributed by atoms with E-state index in [-0.39, 0.29) is 35.8 Å². The third-order valence-corrected chi connectivity index (χ3v) is 6.51. The topological polar surface area (TPSA) is 84.9 Å². The lowest BCUT2D eigenvalue weighted by Crippen LogP contribution is -2.50. The summed E-state index contributed by atoms with van der Waals surface area (Å²) in [5.74, 6) is 0.210. The number of urea groups is 1. The summed E-state index contributed by atoms with van der Waals surface area (Å²) in [6, 6.07) is -0.470. The van der Waals surface area contributed by atoms with E-state index < -0.39 is 9.84 Å². The Morgan fingerprint density at radius 1 is 1.04 bits per heavy atom. The number of sulfone groups is 1. The minimum Gasteiger partial charge on any atom is -0.376 e. The van der Waals surface area contributed by atoms with Gasteiger partial charge in [0, 0.05) is 32.3 Å². The number of hydrogen-bond donors (Lipinski definition) is 1. The predicted octanol–water partition coefficient (Wildman–Crippen LogP) is 0.543. The molecule has 3 fully saturated rings. The highest BCUT2D eigenvalue weighted by Gasteiger charge is 2.32. The first-order valence-corrected chi connectivity index (χ1v) is 10.3. The van der Waals surface area contributed by atoms with Gasteiger partial charge in [-0.25, -0.2) is 13.2 Å². The fraction of sp³-hybridized carbons (Fsp3) is 0.933. The van der Waals surface area contributed by atoms with Crippen LogP contribution in [-0.2, 0) is 19.3 Å². The molecule has 0 aliphatic carbocycles. The van der Waals surface area contributed by atoms with Gasteiger partial charge in [-0.3, -0.25) is 0 Å².